The van der Waals surface area contributed by atoms with E-state index < -0.39 is 11.5 Å². The summed E-state index contributed by atoms with van der Waals surface area (Å²) in [7, 11) is 1.58. The van der Waals surface area contributed by atoms with Crippen molar-refractivity contribution in [2.75, 3.05) is 6.61 Å². The Labute approximate surface area is 143 Å². The first-order valence-corrected chi connectivity index (χ1v) is 7.83. The van der Waals surface area contributed by atoms with Gasteiger partial charge in [0.15, 0.2) is 0 Å². The molecule has 5 nitrogen and oxygen atoms in total. The van der Waals surface area contributed by atoms with Crippen molar-refractivity contribution in [1.29, 1.82) is 0 Å². The van der Waals surface area contributed by atoms with Gasteiger partial charge in [0.05, 0.1) is 6.61 Å². The Balaban J connectivity index is 2.51. The number of nitrogens with zero attached hydrogens (tertiary/aromatic N) is 2. The van der Waals surface area contributed by atoms with Gasteiger partial charge in [-0.2, -0.15) is 0 Å². The van der Waals surface area contributed by atoms with E-state index in [0.717, 1.165) is 0 Å². The second-order valence-electron chi connectivity index (χ2n) is 5.19. The number of benzene rings is 1. The minimum atomic E-state index is -0.668. The summed E-state index contributed by atoms with van der Waals surface area (Å²) >= 11 is 6.32. The number of hydrogen-bond donors (Lipinski definition) is 0. The predicted molar refractivity (Wildman–Crippen MR) is 93.4 cm³/mol. The van der Waals surface area contributed by atoms with Crippen molar-refractivity contribution >= 4 is 28.6 Å². The lowest BCUT2D eigenvalue weighted by atomic mass is 9.97. The highest BCUT2D eigenvalue weighted by molar-refractivity contribution is 6.34. The van der Waals surface area contributed by atoms with Crippen LogP contribution in [-0.2, 0) is 11.8 Å². The first-order valence-electron chi connectivity index (χ1n) is 7.46. The average molecular weight is 343 g/mol. The normalized spacial score (nSPS) is 10.8. The van der Waals surface area contributed by atoms with Gasteiger partial charge in [-0.25, -0.2) is 9.78 Å². The van der Waals surface area contributed by atoms with Gasteiger partial charge in [0.2, 0.25) is 0 Å². The summed E-state index contributed by atoms with van der Waals surface area (Å²) in [6.07, 6.45) is 1.60. The van der Waals surface area contributed by atoms with Crippen LogP contribution in [0.4, 0.5) is 0 Å². The standard InChI is InChI=1S/C18H15ClN2O3/c1-3-24-18(23)15-14(11-7-4-5-9-13(11)19)12-8-6-10-20-16(12)21(2)17(15)22/h4-10H,3H2,1-2H3. The van der Waals surface area contributed by atoms with Gasteiger partial charge in [-0.15, -0.1) is 0 Å². The third-order valence-electron chi connectivity index (χ3n) is 3.76. The highest BCUT2D eigenvalue weighted by atomic mass is 35.5. The monoisotopic (exact) mass is 342 g/mol. The van der Waals surface area contributed by atoms with Crippen molar-refractivity contribution < 1.29 is 9.53 Å². The quantitative estimate of drug-likeness (QED) is 0.684. The third-order valence-corrected chi connectivity index (χ3v) is 4.09. The lowest BCUT2D eigenvalue weighted by molar-refractivity contribution is 0.0525. The minimum Gasteiger partial charge on any atom is -0.462 e. The number of fused-ring (bicyclic) bond motifs is 1. The van der Waals surface area contributed by atoms with Crippen LogP contribution in [0.1, 0.15) is 17.3 Å². The maximum absolute atomic E-state index is 12.8. The van der Waals surface area contributed by atoms with Gasteiger partial charge in [0.25, 0.3) is 5.56 Å². The molecule has 122 valence electrons. The molecule has 0 unspecified atom stereocenters. The zero-order chi connectivity index (χ0) is 17.3. The molecule has 0 radical (unpaired) electrons. The van der Waals surface area contributed by atoms with Crippen LogP contribution in [0.3, 0.4) is 0 Å². The summed E-state index contributed by atoms with van der Waals surface area (Å²) in [5.74, 6) is -0.668. The molecule has 0 bridgehead atoms. The van der Waals surface area contributed by atoms with Crippen molar-refractivity contribution in [3.8, 4) is 11.1 Å². The van der Waals surface area contributed by atoms with Crippen molar-refractivity contribution in [2.45, 2.75) is 6.92 Å². The number of pyridine rings is 2. The van der Waals surface area contributed by atoms with Gasteiger partial charge in [-0.1, -0.05) is 29.8 Å². The highest BCUT2D eigenvalue weighted by Crippen LogP contribution is 2.34. The largest absolute Gasteiger partial charge is 0.462 e. The van der Waals surface area contributed by atoms with Crippen LogP contribution in [-0.4, -0.2) is 22.1 Å². The average Bonchev–Trinajstić information content (AvgIpc) is 2.59. The molecule has 0 saturated carbocycles. The minimum absolute atomic E-state index is 0.0343. The number of aryl methyl sites for hydroxylation is 1. The molecule has 3 rings (SSSR count). The number of aromatic nitrogens is 2. The topological polar surface area (TPSA) is 61.2 Å². The van der Waals surface area contributed by atoms with E-state index in [4.69, 9.17) is 16.3 Å². The van der Waals surface area contributed by atoms with E-state index in [1.807, 2.05) is 6.07 Å². The summed E-state index contributed by atoms with van der Waals surface area (Å²) in [6, 6.07) is 10.6. The van der Waals surface area contributed by atoms with Crippen LogP contribution >= 0.6 is 11.6 Å². The zero-order valence-electron chi connectivity index (χ0n) is 13.2. The molecule has 6 heteroatoms. The number of halogens is 1. The fourth-order valence-electron chi connectivity index (χ4n) is 2.70. The molecule has 0 saturated heterocycles. The van der Waals surface area contributed by atoms with Gasteiger partial charge >= 0.3 is 5.97 Å². The van der Waals surface area contributed by atoms with E-state index in [1.165, 1.54) is 4.57 Å². The molecule has 2 heterocycles. The van der Waals surface area contributed by atoms with Crippen molar-refractivity contribution in [1.82, 2.24) is 9.55 Å². The van der Waals surface area contributed by atoms with Crippen LogP contribution < -0.4 is 5.56 Å². The Morgan fingerprint density at radius 2 is 2.00 bits per heavy atom. The Morgan fingerprint density at radius 1 is 1.25 bits per heavy atom. The molecule has 1 aromatic carbocycles. The lowest BCUT2D eigenvalue weighted by Gasteiger charge is -2.15. The molecule has 0 fully saturated rings. The molecular formula is C18H15ClN2O3. The Morgan fingerprint density at radius 3 is 2.71 bits per heavy atom. The molecule has 2 aromatic heterocycles. The maximum Gasteiger partial charge on any atom is 0.344 e. The Kier molecular flexibility index (Phi) is 4.36. The van der Waals surface area contributed by atoms with Crippen LogP contribution in [0.2, 0.25) is 5.02 Å². The molecular weight excluding hydrogens is 328 g/mol. The van der Waals surface area contributed by atoms with Gasteiger partial charge in [-0.05, 0) is 25.1 Å². The molecule has 3 aromatic rings. The second kappa shape index (κ2) is 6.45. The summed E-state index contributed by atoms with van der Waals surface area (Å²) in [5, 5.41) is 1.11. The van der Waals surface area contributed by atoms with E-state index in [1.54, 1.807) is 50.5 Å². The summed E-state index contributed by atoms with van der Waals surface area (Å²) in [4.78, 5) is 29.5. The van der Waals surface area contributed by atoms with Gasteiger partial charge < -0.3 is 4.74 Å². The Bertz CT molecular complexity index is 995. The number of rotatable bonds is 3. The predicted octanol–water partition coefficient (Wildman–Crippen LogP) is 3.43. The summed E-state index contributed by atoms with van der Waals surface area (Å²) < 4.78 is 6.45. The number of hydrogen-bond acceptors (Lipinski definition) is 4. The first-order chi connectivity index (χ1) is 11.6. The number of ether oxygens (including phenoxy) is 1. The third kappa shape index (κ3) is 2.57. The first kappa shape index (κ1) is 16.2. The van der Waals surface area contributed by atoms with Crippen molar-refractivity contribution in [3.05, 3.63) is 63.5 Å². The van der Waals surface area contributed by atoms with E-state index in [2.05, 4.69) is 4.98 Å². The van der Waals surface area contributed by atoms with E-state index in [9.17, 15) is 9.59 Å². The van der Waals surface area contributed by atoms with E-state index >= 15 is 0 Å². The molecule has 0 amide bonds. The highest BCUT2D eigenvalue weighted by Gasteiger charge is 2.24. The SMILES string of the molecule is CCOC(=O)c1c(-c2ccccc2Cl)c2cccnc2n(C)c1=O. The fourth-order valence-corrected chi connectivity index (χ4v) is 2.93. The molecule has 0 aliphatic rings. The van der Waals surface area contributed by atoms with Crippen LogP contribution in [0.5, 0.6) is 0 Å². The summed E-state index contributed by atoms with van der Waals surface area (Å²) in [6.45, 7) is 1.87. The molecule has 24 heavy (non-hydrogen) atoms. The fraction of sp³-hybridized carbons (Fsp3) is 0.167. The van der Waals surface area contributed by atoms with E-state index in [-0.39, 0.29) is 12.2 Å². The van der Waals surface area contributed by atoms with Gasteiger partial charge in [0.1, 0.15) is 11.2 Å². The number of carbonyl (C=O) groups is 1. The smallest absolute Gasteiger partial charge is 0.344 e. The van der Waals surface area contributed by atoms with Crippen molar-refractivity contribution in [3.63, 3.8) is 0 Å². The molecule has 0 spiro atoms. The Hall–Kier alpha value is -2.66. The van der Waals surface area contributed by atoms with Crippen LogP contribution in [0.15, 0.2) is 47.4 Å². The maximum atomic E-state index is 12.8. The molecule has 0 aliphatic heterocycles. The molecule has 0 aliphatic carbocycles. The van der Waals surface area contributed by atoms with Crippen LogP contribution in [0.25, 0.3) is 22.2 Å². The second-order valence-corrected chi connectivity index (χ2v) is 5.60. The van der Waals surface area contributed by atoms with E-state index in [0.29, 0.717) is 27.2 Å². The number of esters is 1. The van der Waals surface area contributed by atoms with Crippen molar-refractivity contribution in [2.24, 2.45) is 7.05 Å². The lowest BCUT2D eigenvalue weighted by Crippen LogP contribution is -2.27. The zero-order valence-corrected chi connectivity index (χ0v) is 14.0. The summed E-state index contributed by atoms with van der Waals surface area (Å²) in [5.41, 5.74) is 1.02. The van der Waals surface area contributed by atoms with Crippen LogP contribution in [0, 0.1) is 0 Å². The van der Waals surface area contributed by atoms with Gasteiger partial charge in [0, 0.05) is 34.8 Å². The van der Waals surface area contributed by atoms with Gasteiger partial charge in [-0.3, -0.25) is 9.36 Å². The molecule has 0 N–H and O–H groups in total. The number of carbonyl (C=O) groups excluding carboxylic acids is 1. The molecule has 0 atom stereocenters.